The molecule has 1 aromatic heterocycles. The zero-order valence-corrected chi connectivity index (χ0v) is 13.1. The summed E-state index contributed by atoms with van der Waals surface area (Å²) in [6.07, 6.45) is 0.781. The van der Waals surface area contributed by atoms with E-state index in [1.165, 1.54) is 0 Å². The molecule has 0 aliphatic carbocycles. The molecule has 23 heavy (non-hydrogen) atoms. The van der Waals surface area contributed by atoms with Crippen LogP contribution in [0.5, 0.6) is 17.2 Å². The van der Waals surface area contributed by atoms with Gasteiger partial charge in [0.25, 0.3) is 0 Å². The molecule has 0 N–H and O–H groups in total. The predicted molar refractivity (Wildman–Crippen MR) is 86.7 cm³/mol. The van der Waals surface area contributed by atoms with Crippen LogP contribution >= 0.6 is 0 Å². The molecule has 3 aromatic rings. The van der Waals surface area contributed by atoms with Crippen LogP contribution in [-0.2, 0) is 0 Å². The largest absolute Gasteiger partial charge is 0.497 e. The summed E-state index contributed by atoms with van der Waals surface area (Å²) in [5, 5.41) is 0.795. The number of hydrogen-bond acceptors (Lipinski definition) is 5. The molecule has 1 heterocycles. The van der Waals surface area contributed by atoms with Crippen molar-refractivity contribution in [3.05, 3.63) is 42.0 Å². The Hall–Kier alpha value is -2.95. The molecule has 0 bridgehead atoms. The van der Waals surface area contributed by atoms with Gasteiger partial charge in [-0.15, -0.1) is 0 Å². The predicted octanol–water partition coefficient (Wildman–Crippen LogP) is 3.94. The van der Waals surface area contributed by atoms with Crippen LogP contribution in [0, 0.1) is 0 Å². The molecule has 3 rings (SSSR count). The molecule has 118 valence electrons. The Morgan fingerprint density at radius 1 is 0.870 bits per heavy atom. The zero-order valence-electron chi connectivity index (χ0n) is 13.1. The maximum absolute atomic E-state index is 11.0. The van der Waals surface area contributed by atoms with E-state index in [0.29, 0.717) is 34.2 Å². The van der Waals surface area contributed by atoms with Crippen LogP contribution < -0.4 is 14.2 Å². The summed E-state index contributed by atoms with van der Waals surface area (Å²) in [5.41, 5.74) is 1.94. The van der Waals surface area contributed by atoms with E-state index in [1.807, 2.05) is 18.2 Å². The summed E-state index contributed by atoms with van der Waals surface area (Å²) in [5.74, 6) is 2.49. The lowest BCUT2D eigenvalue weighted by Crippen LogP contribution is -1.88. The minimum Gasteiger partial charge on any atom is -0.497 e. The van der Waals surface area contributed by atoms with Crippen molar-refractivity contribution in [1.29, 1.82) is 0 Å². The van der Waals surface area contributed by atoms with Crippen LogP contribution in [0.25, 0.3) is 22.3 Å². The van der Waals surface area contributed by atoms with Crippen LogP contribution in [0.15, 0.2) is 40.8 Å². The Morgan fingerprint density at radius 2 is 1.57 bits per heavy atom. The van der Waals surface area contributed by atoms with E-state index in [-0.39, 0.29) is 0 Å². The van der Waals surface area contributed by atoms with Gasteiger partial charge in [0, 0.05) is 22.6 Å². The Labute approximate surface area is 133 Å². The lowest BCUT2D eigenvalue weighted by Gasteiger charge is -2.06. The number of furan rings is 1. The highest BCUT2D eigenvalue weighted by molar-refractivity contribution is 5.93. The fraction of sp³-hybridized carbons (Fsp3) is 0.167. The Kier molecular flexibility index (Phi) is 3.93. The van der Waals surface area contributed by atoms with E-state index in [1.54, 1.807) is 39.5 Å². The van der Waals surface area contributed by atoms with Crippen molar-refractivity contribution in [2.24, 2.45) is 0 Å². The second-order valence-electron chi connectivity index (χ2n) is 4.97. The van der Waals surface area contributed by atoms with Crippen LogP contribution in [0.2, 0.25) is 0 Å². The van der Waals surface area contributed by atoms with Crippen molar-refractivity contribution < 1.29 is 23.4 Å². The third-order valence-electron chi connectivity index (χ3n) is 3.60. The summed E-state index contributed by atoms with van der Waals surface area (Å²) in [6.45, 7) is 0. The highest BCUT2D eigenvalue weighted by Crippen LogP contribution is 2.36. The van der Waals surface area contributed by atoms with Gasteiger partial charge in [-0.05, 0) is 30.3 Å². The van der Waals surface area contributed by atoms with Crippen LogP contribution in [0.3, 0.4) is 0 Å². The maximum Gasteiger partial charge on any atom is 0.176 e. The molecule has 0 aliphatic rings. The van der Waals surface area contributed by atoms with Gasteiger partial charge in [0.15, 0.2) is 11.3 Å². The van der Waals surface area contributed by atoms with Crippen molar-refractivity contribution >= 4 is 17.3 Å². The highest BCUT2D eigenvalue weighted by Gasteiger charge is 2.14. The zero-order chi connectivity index (χ0) is 16.4. The van der Waals surface area contributed by atoms with Gasteiger partial charge >= 0.3 is 0 Å². The number of methoxy groups -OCH3 is 3. The summed E-state index contributed by atoms with van der Waals surface area (Å²) in [7, 11) is 4.73. The van der Waals surface area contributed by atoms with E-state index in [4.69, 9.17) is 18.6 Å². The molecule has 5 heteroatoms. The fourth-order valence-corrected chi connectivity index (χ4v) is 2.45. The molecule has 0 saturated heterocycles. The molecule has 0 spiro atoms. The summed E-state index contributed by atoms with van der Waals surface area (Å²) in [6, 6.07) is 10.8. The smallest absolute Gasteiger partial charge is 0.176 e. The van der Waals surface area contributed by atoms with Gasteiger partial charge in [-0.3, -0.25) is 4.79 Å². The van der Waals surface area contributed by atoms with E-state index in [9.17, 15) is 4.79 Å². The maximum atomic E-state index is 11.0. The lowest BCUT2D eigenvalue weighted by molar-refractivity contribution is 0.112. The van der Waals surface area contributed by atoms with Gasteiger partial charge in [0.1, 0.15) is 23.5 Å². The van der Waals surface area contributed by atoms with Crippen LogP contribution in [-0.4, -0.2) is 27.6 Å². The molecule has 0 aliphatic heterocycles. The van der Waals surface area contributed by atoms with Gasteiger partial charge in [-0.2, -0.15) is 0 Å². The lowest BCUT2D eigenvalue weighted by atomic mass is 10.1. The molecular formula is C18H16O5. The second kappa shape index (κ2) is 6.04. The number of hydrogen-bond donors (Lipinski definition) is 0. The molecule has 0 saturated carbocycles. The highest BCUT2D eigenvalue weighted by atomic mass is 16.5. The molecule has 0 unspecified atom stereocenters. The Morgan fingerprint density at radius 3 is 2.13 bits per heavy atom. The van der Waals surface area contributed by atoms with Gasteiger partial charge in [0.2, 0.25) is 0 Å². The molecule has 2 aromatic carbocycles. The molecule has 5 nitrogen and oxygen atoms in total. The Balaban J connectivity index is 2.19. The SMILES string of the molecule is COc1cc(OC)cc(-c2cc3cc(C=O)cc(OC)c3o2)c1. The second-order valence-corrected chi connectivity index (χ2v) is 4.97. The number of carbonyl (C=O) groups excluding carboxylic acids is 1. The first-order valence-electron chi connectivity index (χ1n) is 6.98. The van der Waals surface area contributed by atoms with E-state index in [2.05, 4.69) is 0 Å². The van der Waals surface area contributed by atoms with Crippen molar-refractivity contribution in [2.45, 2.75) is 0 Å². The van der Waals surface area contributed by atoms with E-state index in [0.717, 1.165) is 17.2 Å². The standard InChI is InChI=1S/C18H16O5/c1-20-14-6-12(7-15(9-14)21-2)16-8-13-4-11(10-19)5-17(22-3)18(13)23-16/h4-10H,1-3H3. The van der Waals surface area contributed by atoms with Gasteiger partial charge in [-0.25, -0.2) is 0 Å². The fourth-order valence-electron chi connectivity index (χ4n) is 2.45. The first-order chi connectivity index (χ1) is 11.2. The van der Waals surface area contributed by atoms with Crippen molar-refractivity contribution in [1.82, 2.24) is 0 Å². The normalized spacial score (nSPS) is 10.6. The van der Waals surface area contributed by atoms with Gasteiger partial charge in [0.05, 0.1) is 21.3 Å². The third-order valence-corrected chi connectivity index (χ3v) is 3.60. The number of rotatable bonds is 5. The monoisotopic (exact) mass is 312 g/mol. The van der Waals surface area contributed by atoms with E-state index < -0.39 is 0 Å². The number of benzene rings is 2. The average Bonchev–Trinajstić information content (AvgIpc) is 3.04. The topological polar surface area (TPSA) is 57.9 Å². The number of fused-ring (bicyclic) bond motifs is 1. The summed E-state index contributed by atoms with van der Waals surface area (Å²) >= 11 is 0. The molecule has 0 atom stereocenters. The Bertz CT molecular complexity index is 841. The summed E-state index contributed by atoms with van der Waals surface area (Å²) in [4.78, 5) is 11.0. The van der Waals surface area contributed by atoms with Crippen molar-refractivity contribution in [3.8, 4) is 28.6 Å². The summed E-state index contributed by atoms with van der Waals surface area (Å²) < 4.78 is 21.8. The van der Waals surface area contributed by atoms with E-state index >= 15 is 0 Å². The van der Waals surface area contributed by atoms with Crippen molar-refractivity contribution in [3.63, 3.8) is 0 Å². The van der Waals surface area contributed by atoms with Gasteiger partial charge < -0.3 is 18.6 Å². The first kappa shape index (κ1) is 15.0. The molecule has 0 fully saturated rings. The third kappa shape index (κ3) is 2.73. The number of ether oxygens (including phenoxy) is 3. The molecular weight excluding hydrogens is 296 g/mol. The number of carbonyl (C=O) groups is 1. The van der Waals surface area contributed by atoms with Crippen LogP contribution in [0.4, 0.5) is 0 Å². The van der Waals surface area contributed by atoms with Crippen LogP contribution in [0.1, 0.15) is 10.4 Å². The molecule has 0 radical (unpaired) electrons. The first-order valence-corrected chi connectivity index (χ1v) is 6.98. The van der Waals surface area contributed by atoms with Gasteiger partial charge in [-0.1, -0.05) is 0 Å². The minimum atomic E-state index is 0.519. The minimum absolute atomic E-state index is 0.519. The number of aldehydes is 1. The average molecular weight is 312 g/mol. The quantitative estimate of drug-likeness (QED) is 0.668. The molecule has 0 amide bonds. The van der Waals surface area contributed by atoms with Crippen molar-refractivity contribution in [2.75, 3.05) is 21.3 Å².